The molecule has 2 rings (SSSR count). The Hall–Kier alpha value is -2.22. The molecule has 0 aliphatic rings. The van der Waals surface area contributed by atoms with E-state index in [1.165, 1.54) is 11.3 Å². The monoisotopic (exact) mass is 308 g/mol. The number of hydrogen-bond acceptors (Lipinski definition) is 6. The molecule has 8 heteroatoms. The van der Waals surface area contributed by atoms with Crippen molar-refractivity contribution in [2.45, 2.75) is 26.3 Å². The normalized spacial score (nSPS) is 10.3. The summed E-state index contributed by atoms with van der Waals surface area (Å²) in [6.07, 6.45) is 5.58. The summed E-state index contributed by atoms with van der Waals surface area (Å²) in [4.78, 5) is 31.2. The Morgan fingerprint density at radius 3 is 3.05 bits per heavy atom. The van der Waals surface area contributed by atoms with Crippen LogP contribution in [-0.2, 0) is 27.3 Å². The maximum absolute atomic E-state index is 11.8. The predicted molar refractivity (Wildman–Crippen MR) is 77.9 cm³/mol. The predicted octanol–water partition coefficient (Wildman–Crippen LogP) is 1.47. The van der Waals surface area contributed by atoms with Gasteiger partial charge < -0.3 is 14.6 Å². The molecule has 0 saturated heterocycles. The lowest BCUT2D eigenvalue weighted by molar-refractivity contribution is -0.142. The third-order valence-electron chi connectivity index (χ3n) is 2.59. The zero-order valence-corrected chi connectivity index (χ0v) is 12.4. The minimum Gasteiger partial charge on any atom is -0.466 e. The molecule has 0 aromatic carbocycles. The van der Waals surface area contributed by atoms with Crippen LogP contribution in [0.25, 0.3) is 0 Å². The Labute approximate surface area is 126 Å². The minimum atomic E-state index is -0.319. The third kappa shape index (κ3) is 4.99. The lowest BCUT2D eigenvalue weighted by Gasteiger charge is -2.02. The van der Waals surface area contributed by atoms with Gasteiger partial charge in [-0.15, -0.1) is 11.3 Å². The van der Waals surface area contributed by atoms with Gasteiger partial charge in [0.05, 0.1) is 25.0 Å². The molecule has 1 amide bonds. The van der Waals surface area contributed by atoms with E-state index in [2.05, 4.69) is 15.3 Å². The van der Waals surface area contributed by atoms with E-state index in [-0.39, 0.29) is 18.3 Å². The Morgan fingerprint density at radius 1 is 1.48 bits per heavy atom. The molecule has 2 aromatic heterocycles. The zero-order chi connectivity index (χ0) is 15.1. The molecule has 0 saturated carbocycles. The first-order chi connectivity index (χ1) is 10.2. The van der Waals surface area contributed by atoms with E-state index < -0.39 is 0 Å². The van der Waals surface area contributed by atoms with Gasteiger partial charge in [0.15, 0.2) is 5.13 Å². The second-order valence-electron chi connectivity index (χ2n) is 4.22. The van der Waals surface area contributed by atoms with Gasteiger partial charge in [0.1, 0.15) is 0 Å². The number of imidazole rings is 1. The molecule has 2 aromatic rings. The van der Waals surface area contributed by atoms with Gasteiger partial charge in [-0.3, -0.25) is 9.59 Å². The molecular weight excluding hydrogens is 292 g/mol. The van der Waals surface area contributed by atoms with Crippen molar-refractivity contribution in [2.24, 2.45) is 0 Å². The van der Waals surface area contributed by atoms with Crippen molar-refractivity contribution in [2.75, 3.05) is 11.9 Å². The number of aryl methyl sites for hydroxylation is 1. The fraction of sp³-hybridized carbons (Fsp3) is 0.385. The highest BCUT2D eigenvalue weighted by molar-refractivity contribution is 7.13. The second-order valence-corrected chi connectivity index (χ2v) is 5.08. The van der Waals surface area contributed by atoms with Gasteiger partial charge in [-0.1, -0.05) is 0 Å². The van der Waals surface area contributed by atoms with Crippen molar-refractivity contribution >= 4 is 28.3 Å². The van der Waals surface area contributed by atoms with Crippen molar-refractivity contribution in [1.82, 2.24) is 14.5 Å². The van der Waals surface area contributed by atoms with Gasteiger partial charge >= 0.3 is 5.97 Å². The van der Waals surface area contributed by atoms with Crippen LogP contribution in [0.1, 0.15) is 19.0 Å². The average molecular weight is 308 g/mol. The van der Waals surface area contributed by atoms with E-state index in [1.807, 2.05) is 4.57 Å². The molecule has 0 atom stereocenters. The molecule has 0 fully saturated rings. The van der Waals surface area contributed by atoms with E-state index >= 15 is 0 Å². The van der Waals surface area contributed by atoms with Crippen molar-refractivity contribution in [3.63, 3.8) is 0 Å². The van der Waals surface area contributed by atoms with E-state index in [0.717, 1.165) is 0 Å². The minimum absolute atomic E-state index is 0.120. The van der Waals surface area contributed by atoms with Gasteiger partial charge in [-0.25, -0.2) is 9.97 Å². The number of amides is 1. The van der Waals surface area contributed by atoms with Crippen LogP contribution in [0.3, 0.4) is 0 Å². The van der Waals surface area contributed by atoms with Crippen LogP contribution >= 0.6 is 11.3 Å². The molecule has 2 heterocycles. The first-order valence-electron chi connectivity index (χ1n) is 6.53. The summed E-state index contributed by atoms with van der Waals surface area (Å²) in [5.74, 6) is -0.443. The Kier molecular flexibility index (Phi) is 5.44. The molecular formula is C13H16N4O3S. The summed E-state index contributed by atoms with van der Waals surface area (Å²) in [6, 6.07) is 0. The molecule has 0 aliphatic carbocycles. The SMILES string of the molecule is CCOC(=O)Cc1csc(NC(=O)CCn2ccnc2)n1. The van der Waals surface area contributed by atoms with E-state index in [4.69, 9.17) is 4.74 Å². The van der Waals surface area contributed by atoms with Crippen molar-refractivity contribution in [1.29, 1.82) is 0 Å². The molecule has 1 N–H and O–H groups in total. The van der Waals surface area contributed by atoms with E-state index in [0.29, 0.717) is 30.4 Å². The Bertz CT molecular complexity index is 594. The van der Waals surface area contributed by atoms with Crippen LogP contribution in [0.15, 0.2) is 24.1 Å². The fourth-order valence-corrected chi connectivity index (χ4v) is 2.36. The third-order valence-corrected chi connectivity index (χ3v) is 3.39. The lowest BCUT2D eigenvalue weighted by atomic mass is 10.3. The number of carbonyl (C=O) groups excluding carboxylic acids is 2. The number of carbonyl (C=O) groups is 2. The Balaban J connectivity index is 1.78. The van der Waals surface area contributed by atoms with Crippen molar-refractivity contribution in [3.8, 4) is 0 Å². The van der Waals surface area contributed by atoms with Crippen LogP contribution in [0, 0.1) is 0 Å². The van der Waals surface area contributed by atoms with Gasteiger partial charge in [0.2, 0.25) is 5.91 Å². The standard InChI is InChI=1S/C13H16N4O3S/c1-2-20-12(19)7-10-8-21-13(15-10)16-11(18)3-5-17-6-4-14-9-17/h4,6,8-9H,2-3,5,7H2,1H3,(H,15,16,18). The lowest BCUT2D eigenvalue weighted by Crippen LogP contribution is -2.14. The molecule has 0 radical (unpaired) electrons. The van der Waals surface area contributed by atoms with Crippen molar-refractivity contribution in [3.05, 3.63) is 29.8 Å². The second kappa shape index (κ2) is 7.53. The molecule has 0 aliphatic heterocycles. The number of aromatic nitrogens is 3. The van der Waals surface area contributed by atoms with Gasteiger partial charge in [-0.05, 0) is 6.92 Å². The number of hydrogen-bond donors (Lipinski definition) is 1. The summed E-state index contributed by atoms with van der Waals surface area (Å²) in [6.45, 7) is 2.67. The number of anilines is 1. The highest BCUT2D eigenvalue weighted by Crippen LogP contribution is 2.16. The first-order valence-corrected chi connectivity index (χ1v) is 7.41. The Morgan fingerprint density at radius 2 is 2.33 bits per heavy atom. The highest BCUT2D eigenvalue weighted by Gasteiger charge is 2.10. The number of nitrogens with one attached hydrogen (secondary N) is 1. The van der Waals surface area contributed by atoms with Gasteiger partial charge in [0.25, 0.3) is 0 Å². The summed E-state index contributed by atoms with van der Waals surface area (Å²) in [7, 11) is 0. The van der Waals surface area contributed by atoms with Crippen LogP contribution in [0.5, 0.6) is 0 Å². The number of nitrogens with zero attached hydrogens (tertiary/aromatic N) is 3. The fourth-order valence-electron chi connectivity index (χ4n) is 1.64. The van der Waals surface area contributed by atoms with Crippen LogP contribution in [0.4, 0.5) is 5.13 Å². The van der Waals surface area contributed by atoms with Crippen molar-refractivity contribution < 1.29 is 14.3 Å². The highest BCUT2D eigenvalue weighted by atomic mass is 32.1. The van der Waals surface area contributed by atoms with E-state index in [1.54, 1.807) is 31.0 Å². The number of rotatable bonds is 7. The number of ether oxygens (including phenoxy) is 1. The molecule has 112 valence electrons. The number of thiazole rings is 1. The average Bonchev–Trinajstić information content (AvgIpc) is 3.08. The molecule has 0 spiro atoms. The summed E-state index contributed by atoms with van der Waals surface area (Å²) in [5, 5.41) is 4.94. The summed E-state index contributed by atoms with van der Waals surface area (Å²) >= 11 is 1.29. The molecule has 21 heavy (non-hydrogen) atoms. The van der Waals surface area contributed by atoms with Crippen LogP contribution in [-0.4, -0.2) is 33.0 Å². The van der Waals surface area contributed by atoms with E-state index in [9.17, 15) is 9.59 Å². The number of esters is 1. The quantitative estimate of drug-likeness (QED) is 0.783. The summed E-state index contributed by atoms with van der Waals surface area (Å²) < 4.78 is 6.67. The smallest absolute Gasteiger partial charge is 0.311 e. The maximum atomic E-state index is 11.8. The maximum Gasteiger partial charge on any atom is 0.311 e. The van der Waals surface area contributed by atoms with Gasteiger partial charge in [-0.2, -0.15) is 0 Å². The van der Waals surface area contributed by atoms with Crippen LogP contribution in [0.2, 0.25) is 0 Å². The molecule has 0 bridgehead atoms. The zero-order valence-electron chi connectivity index (χ0n) is 11.6. The molecule has 7 nitrogen and oxygen atoms in total. The first kappa shape index (κ1) is 15.2. The van der Waals surface area contributed by atoms with Gasteiger partial charge in [0, 0.05) is 30.7 Å². The summed E-state index contributed by atoms with van der Waals surface area (Å²) in [5.41, 5.74) is 0.600. The topological polar surface area (TPSA) is 86.1 Å². The largest absolute Gasteiger partial charge is 0.466 e. The molecule has 0 unspecified atom stereocenters. The van der Waals surface area contributed by atoms with Crippen LogP contribution < -0.4 is 5.32 Å².